The molecule has 0 spiro atoms. The summed E-state index contributed by atoms with van der Waals surface area (Å²) in [5, 5.41) is 27.8. The molecule has 2 aliphatic rings. The average Bonchev–Trinajstić information content (AvgIpc) is 3.13. The lowest BCUT2D eigenvalue weighted by Crippen LogP contribution is -2.79. The predicted molar refractivity (Wildman–Crippen MR) is 108 cm³/mol. The van der Waals surface area contributed by atoms with E-state index in [2.05, 4.69) is 10.5 Å². The van der Waals surface area contributed by atoms with Gasteiger partial charge in [-0.1, -0.05) is 34.6 Å². The first kappa shape index (κ1) is 21.8. The van der Waals surface area contributed by atoms with E-state index in [-0.39, 0.29) is 27.6 Å². The number of thioether (sulfide) groups is 1. The smallest absolute Gasteiger partial charge is 0.364 e. The highest BCUT2D eigenvalue weighted by atomic mass is 35.5. The average molecular weight is 470 g/mol. The lowest BCUT2D eigenvalue weighted by molar-refractivity contribution is -0.857. The maximum atomic E-state index is 14.4. The van der Waals surface area contributed by atoms with Crippen molar-refractivity contribution < 1.29 is 33.0 Å². The van der Waals surface area contributed by atoms with Gasteiger partial charge in [0, 0.05) is 0 Å². The van der Waals surface area contributed by atoms with Crippen molar-refractivity contribution in [3.8, 4) is 11.3 Å². The van der Waals surface area contributed by atoms with Crippen molar-refractivity contribution in [2.45, 2.75) is 43.0 Å². The minimum absolute atomic E-state index is 0.00899. The molecule has 4 atom stereocenters. The molecule has 0 saturated carbocycles. The van der Waals surface area contributed by atoms with Crippen molar-refractivity contribution >= 4 is 41.1 Å². The van der Waals surface area contributed by atoms with Crippen molar-refractivity contribution in [1.82, 2.24) is 10.5 Å². The third-order valence-electron chi connectivity index (χ3n) is 5.55. The molecule has 0 radical (unpaired) electrons. The highest BCUT2D eigenvalue weighted by Crippen LogP contribution is 2.56. The van der Waals surface area contributed by atoms with E-state index >= 15 is 0 Å². The number of β-lactam (4-membered cyclic amide) rings is 1. The quantitative estimate of drug-likeness (QED) is 0.396. The maximum absolute atomic E-state index is 14.4. The van der Waals surface area contributed by atoms with Crippen LogP contribution in [-0.2, 0) is 9.59 Å². The Balaban J connectivity index is 1.66. The molecule has 12 heteroatoms. The maximum Gasteiger partial charge on any atom is 0.364 e. The van der Waals surface area contributed by atoms with Crippen LogP contribution < -0.4 is 5.32 Å². The fraction of sp³-hybridized carbons (Fsp3) is 0.368. The lowest BCUT2D eigenvalue weighted by atomic mass is 9.94. The summed E-state index contributed by atoms with van der Waals surface area (Å²) in [6.45, 7) is 4.58. The van der Waals surface area contributed by atoms with E-state index < -0.39 is 50.5 Å². The first-order chi connectivity index (χ1) is 14.4. The van der Waals surface area contributed by atoms with E-state index in [1.807, 2.05) is 0 Å². The largest absolute Gasteiger partial charge is 0.624 e. The van der Waals surface area contributed by atoms with Gasteiger partial charge in [-0.15, -0.1) is 0 Å². The Hall–Kier alpha value is -2.47. The van der Waals surface area contributed by atoms with Crippen LogP contribution in [0.4, 0.5) is 4.39 Å². The van der Waals surface area contributed by atoms with Gasteiger partial charge in [0.2, 0.25) is 12.1 Å². The Morgan fingerprint density at radius 2 is 2.10 bits per heavy atom. The number of carboxylic acid groups (broad SMARTS) is 1. The second kappa shape index (κ2) is 7.02. The van der Waals surface area contributed by atoms with E-state index in [1.54, 1.807) is 13.8 Å². The van der Waals surface area contributed by atoms with Crippen molar-refractivity contribution in [3.05, 3.63) is 45.6 Å². The van der Waals surface area contributed by atoms with Gasteiger partial charge in [-0.3, -0.25) is 9.44 Å². The van der Waals surface area contributed by atoms with Crippen LogP contribution in [0.15, 0.2) is 22.7 Å². The van der Waals surface area contributed by atoms with E-state index in [0.29, 0.717) is 0 Å². The summed E-state index contributed by atoms with van der Waals surface area (Å²) in [4.78, 5) is 37.3. The Kier molecular flexibility index (Phi) is 4.93. The van der Waals surface area contributed by atoms with Gasteiger partial charge in [-0.25, -0.2) is 14.0 Å². The number of hydrogen-bond donors (Lipinski definition) is 2. The summed E-state index contributed by atoms with van der Waals surface area (Å²) in [5.41, 5.74) is -0.411. The number of nitrogens with one attached hydrogen (secondary N) is 1. The highest BCUT2D eigenvalue weighted by molar-refractivity contribution is 8.01. The van der Waals surface area contributed by atoms with Crippen LogP contribution in [0.5, 0.6) is 0 Å². The molecule has 1 unspecified atom stereocenters. The number of fused-ring (bicyclic) bond motifs is 1. The van der Waals surface area contributed by atoms with Crippen molar-refractivity contribution in [2.75, 3.05) is 0 Å². The summed E-state index contributed by atoms with van der Waals surface area (Å²) < 4.78 is 16.9. The highest BCUT2D eigenvalue weighted by Gasteiger charge is 2.74. The first-order valence-electron chi connectivity index (χ1n) is 9.17. The van der Waals surface area contributed by atoms with Crippen LogP contribution in [0.2, 0.25) is 5.02 Å². The van der Waals surface area contributed by atoms with Gasteiger partial charge in [0.15, 0.2) is 5.37 Å². The number of carbonyl (C=O) groups is 3. The normalized spacial score (nSPS) is 28.7. The van der Waals surface area contributed by atoms with Gasteiger partial charge in [-0.05, 0) is 32.9 Å². The van der Waals surface area contributed by atoms with Gasteiger partial charge >= 0.3 is 11.9 Å². The lowest BCUT2D eigenvalue weighted by Gasteiger charge is -2.54. The van der Waals surface area contributed by atoms with Gasteiger partial charge in [0.05, 0.1) is 15.3 Å². The molecule has 2 saturated heterocycles. The number of aromatic nitrogens is 1. The molecule has 9 nitrogen and oxygen atoms in total. The number of hydroxylamine groups is 3. The molecule has 0 bridgehead atoms. The van der Waals surface area contributed by atoms with Gasteiger partial charge in [-0.2, -0.15) is 0 Å². The Morgan fingerprint density at radius 1 is 1.42 bits per heavy atom. The van der Waals surface area contributed by atoms with E-state index in [9.17, 15) is 29.1 Å². The molecule has 164 valence electrons. The minimum atomic E-state index is -1.55. The summed E-state index contributed by atoms with van der Waals surface area (Å²) >= 11 is 7.11. The molecule has 0 aliphatic carbocycles. The number of hydrogen-bond acceptors (Lipinski definition) is 7. The van der Waals surface area contributed by atoms with Crippen LogP contribution in [0.25, 0.3) is 11.3 Å². The summed E-state index contributed by atoms with van der Waals surface area (Å²) in [7, 11) is 0. The molecule has 1 aromatic carbocycles. The molecule has 2 amide bonds. The number of carboxylic acids is 1. The number of rotatable bonds is 4. The molecule has 4 rings (SSSR count). The van der Waals surface area contributed by atoms with Crippen molar-refractivity contribution in [2.24, 2.45) is 0 Å². The summed E-state index contributed by atoms with van der Waals surface area (Å²) in [6.07, 6.45) is 0. The zero-order valence-electron chi connectivity index (χ0n) is 16.5. The third kappa shape index (κ3) is 2.99. The van der Waals surface area contributed by atoms with Crippen LogP contribution in [0.3, 0.4) is 0 Å². The van der Waals surface area contributed by atoms with Gasteiger partial charge in [0.1, 0.15) is 22.8 Å². The van der Waals surface area contributed by atoms with Gasteiger partial charge < -0.3 is 20.2 Å². The fourth-order valence-corrected chi connectivity index (χ4v) is 6.17. The van der Waals surface area contributed by atoms with E-state index in [4.69, 9.17) is 16.1 Å². The zero-order valence-corrected chi connectivity index (χ0v) is 18.1. The van der Waals surface area contributed by atoms with Crippen LogP contribution in [-0.4, -0.2) is 54.9 Å². The molecular formula is C19H17ClFN3O6S. The van der Waals surface area contributed by atoms with Crippen molar-refractivity contribution in [1.29, 1.82) is 0 Å². The zero-order chi connectivity index (χ0) is 22.9. The minimum Gasteiger partial charge on any atom is -0.624 e. The van der Waals surface area contributed by atoms with Crippen molar-refractivity contribution in [3.63, 3.8) is 0 Å². The number of amides is 2. The molecule has 2 N–H and O–H groups in total. The molecule has 2 aliphatic heterocycles. The SMILES string of the molecule is Cc1onc(-c2c(F)cccc2Cl)c1C(=O)N[C@@H]1C(=O)[N+]2([O-])[C@@H]1SC(C)(C)[C@@H]2C(=O)O. The summed E-state index contributed by atoms with van der Waals surface area (Å²) in [5.74, 6) is -3.80. The number of aliphatic carboxylic acids is 1. The molecule has 31 heavy (non-hydrogen) atoms. The number of halogens is 2. The van der Waals surface area contributed by atoms with Crippen LogP contribution in [0, 0.1) is 17.9 Å². The standard InChI is InChI=1S/C19H17ClFN3O6S/c1-7-10(12(23-30-7)11-8(20)5-4-6-9(11)21)15(25)22-13-16(26)24(29)14(18(27)28)19(2,3)31-17(13)24/h4-6,13-14,17H,1-3H3,(H,22,25)(H,27,28)/t13-,14+,17-,24?/m1/s1. The molecule has 3 heterocycles. The third-order valence-corrected chi connectivity index (χ3v) is 7.52. The van der Waals surface area contributed by atoms with Crippen LogP contribution in [0.1, 0.15) is 30.0 Å². The number of carbonyl (C=O) groups excluding carboxylic acids is 2. The Labute approximate surface area is 184 Å². The number of benzene rings is 1. The molecule has 2 aromatic rings. The molecular weight excluding hydrogens is 453 g/mol. The number of quaternary nitrogens is 1. The second-order valence-electron chi connectivity index (χ2n) is 7.91. The number of aryl methyl sites for hydroxylation is 1. The second-order valence-corrected chi connectivity index (χ2v) is 10.1. The van der Waals surface area contributed by atoms with Gasteiger partial charge in [0.25, 0.3) is 5.91 Å². The topological polar surface area (TPSA) is 133 Å². The predicted octanol–water partition coefficient (Wildman–Crippen LogP) is 2.70. The summed E-state index contributed by atoms with van der Waals surface area (Å²) in [6, 6.07) is 1.26. The molecule has 1 aromatic heterocycles. The van der Waals surface area contributed by atoms with Crippen LogP contribution >= 0.6 is 23.4 Å². The Morgan fingerprint density at radius 3 is 2.71 bits per heavy atom. The fourth-order valence-electron chi connectivity index (χ4n) is 4.20. The van der Waals surface area contributed by atoms with E-state index in [1.165, 1.54) is 19.1 Å². The monoisotopic (exact) mass is 469 g/mol. The Bertz CT molecular complexity index is 1120. The molecule has 2 fully saturated rings. The number of nitrogens with zero attached hydrogens (tertiary/aromatic N) is 2. The van der Waals surface area contributed by atoms with E-state index in [0.717, 1.165) is 17.8 Å². The first-order valence-corrected chi connectivity index (χ1v) is 10.4.